The minimum atomic E-state index is -3.38. The Labute approximate surface area is 141 Å². The van der Waals surface area contributed by atoms with E-state index in [0.717, 1.165) is 22.6 Å². The van der Waals surface area contributed by atoms with Crippen LogP contribution in [0.3, 0.4) is 0 Å². The number of aromatic amines is 2. The quantitative estimate of drug-likeness (QED) is 0.468. The predicted molar refractivity (Wildman–Crippen MR) is 89.0 cm³/mol. The van der Waals surface area contributed by atoms with Crippen LogP contribution in [0.4, 0.5) is 8.78 Å². The highest BCUT2D eigenvalue weighted by molar-refractivity contribution is 14.1. The van der Waals surface area contributed by atoms with Gasteiger partial charge in [0.1, 0.15) is 0 Å². The van der Waals surface area contributed by atoms with Crippen molar-refractivity contribution in [1.29, 1.82) is 0 Å². The van der Waals surface area contributed by atoms with Crippen molar-refractivity contribution in [2.24, 2.45) is 0 Å². The minimum absolute atomic E-state index is 0.0801. The van der Waals surface area contributed by atoms with E-state index in [4.69, 9.17) is 11.6 Å². The highest BCUT2D eigenvalue weighted by Gasteiger charge is 2.29. The lowest BCUT2D eigenvalue weighted by Gasteiger charge is -2.16. The van der Waals surface area contributed by atoms with E-state index in [0.29, 0.717) is 22.2 Å². The molecule has 1 heterocycles. The topological polar surface area (TPSA) is 57.9 Å². The summed E-state index contributed by atoms with van der Waals surface area (Å²) in [6, 6.07) is 9.76. The molecule has 3 rings (SSSR count). The lowest BCUT2D eigenvalue weighted by atomic mass is 10.0. The van der Waals surface area contributed by atoms with Crippen molar-refractivity contribution in [2.45, 2.75) is 4.12 Å². The largest absolute Gasteiger partial charge is 0.451 e. The zero-order valence-electron chi connectivity index (χ0n) is 10.8. The standard InChI is InChI=1S/C14H8ClF2IN2O2/c15-9-3-1-2-8(12(9)22-14(16,17)18)7-4-5-10-11(6-7)20-13(21)19-10/h1-6H,(H2,19,20,21). The third-order valence-electron chi connectivity index (χ3n) is 3.01. The number of aromatic nitrogens is 2. The number of benzene rings is 2. The summed E-state index contributed by atoms with van der Waals surface area (Å²) in [6.45, 7) is 0. The number of hydrogen-bond acceptors (Lipinski definition) is 2. The summed E-state index contributed by atoms with van der Waals surface area (Å²) in [6.07, 6.45) is 0. The van der Waals surface area contributed by atoms with Crippen LogP contribution in [0.2, 0.25) is 5.02 Å². The molecule has 0 aliphatic rings. The Hall–Kier alpha value is -1.61. The number of halogens is 4. The van der Waals surface area contributed by atoms with Crippen LogP contribution in [0.5, 0.6) is 5.75 Å². The fraction of sp³-hybridized carbons (Fsp3) is 0.0714. The SMILES string of the molecule is O=c1[nH]c2ccc(-c3cccc(Cl)c3OC(F)(F)I)cc2[nH]1. The minimum Gasteiger partial charge on any atom is -0.423 e. The van der Waals surface area contributed by atoms with Crippen molar-refractivity contribution < 1.29 is 13.5 Å². The molecule has 2 aromatic carbocycles. The van der Waals surface area contributed by atoms with Crippen molar-refractivity contribution in [3.63, 3.8) is 0 Å². The fourth-order valence-corrected chi connectivity index (χ4v) is 2.59. The number of alkyl halides is 3. The monoisotopic (exact) mass is 436 g/mol. The number of rotatable bonds is 3. The Morgan fingerprint density at radius 2 is 1.86 bits per heavy atom. The maximum Gasteiger partial charge on any atom is 0.451 e. The number of imidazole rings is 1. The first-order valence-corrected chi connectivity index (χ1v) is 7.56. The van der Waals surface area contributed by atoms with Crippen molar-refractivity contribution in [2.75, 3.05) is 0 Å². The second kappa shape index (κ2) is 5.54. The molecule has 0 saturated carbocycles. The van der Waals surface area contributed by atoms with E-state index in [-0.39, 0.29) is 16.5 Å². The van der Waals surface area contributed by atoms with Gasteiger partial charge in [-0.25, -0.2) is 4.79 Å². The Balaban J connectivity index is 2.17. The van der Waals surface area contributed by atoms with Gasteiger partial charge in [-0.15, -0.1) is 0 Å². The van der Waals surface area contributed by atoms with Crippen molar-refractivity contribution in [1.82, 2.24) is 9.97 Å². The average molecular weight is 437 g/mol. The molecule has 0 fully saturated rings. The van der Waals surface area contributed by atoms with Crippen molar-refractivity contribution in [3.05, 3.63) is 51.9 Å². The molecule has 1 aromatic heterocycles. The Morgan fingerprint density at radius 1 is 1.14 bits per heavy atom. The summed E-state index contributed by atoms with van der Waals surface area (Å²) >= 11 is 6.87. The summed E-state index contributed by atoms with van der Waals surface area (Å²) in [5.41, 5.74) is 1.86. The van der Waals surface area contributed by atoms with E-state index in [1.54, 1.807) is 30.3 Å². The zero-order chi connectivity index (χ0) is 15.9. The number of H-pyrrole nitrogens is 2. The molecular weight excluding hydrogens is 429 g/mol. The van der Waals surface area contributed by atoms with Crippen LogP contribution < -0.4 is 10.4 Å². The third-order valence-corrected chi connectivity index (χ3v) is 3.53. The van der Waals surface area contributed by atoms with Gasteiger partial charge in [-0.05, 0) is 23.8 Å². The molecule has 0 amide bonds. The van der Waals surface area contributed by atoms with Gasteiger partial charge in [0.15, 0.2) is 5.75 Å². The highest BCUT2D eigenvalue weighted by Crippen LogP contribution is 2.40. The molecule has 0 bridgehead atoms. The summed E-state index contributed by atoms with van der Waals surface area (Å²) in [5.74, 6) is -0.110. The molecule has 2 N–H and O–H groups in total. The van der Waals surface area contributed by atoms with Gasteiger partial charge >= 0.3 is 9.81 Å². The molecule has 114 valence electrons. The van der Waals surface area contributed by atoms with Gasteiger partial charge in [-0.1, -0.05) is 29.8 Å². The van der Waals surface area contributed by atoms with Crippen LogP contribution in [0.1, 0.15) is 0 Å². The van der Waals surface area contributed by atoms with Gasteiger partial charge in [-0.2, -0.15) is 8.78 Å². The number of nitrogens with one attached hydrogen (secondary N) is 2. The smallest absolute Gasteiger partial charge is 0.423 e. The van der Waals surface area contributed by atoms with Crippen LogP contribution in [0.25, 0.3) is 22.2 Å². The third kappa shape index (κ3) is 3.09. The zero-order valence-corrected chi connectivity index (χ0v) is 13.7. The highest BCUT2D eigenvalue weighted by atomic mass is 127. The first-order chi connectivity index (χ1) is 10.3. The second-order valence-corrected chi connectivity index (χ2v) is 6.17. The van der Waals surface area contributed by atoms with Gasteiger partial charge in [-0.3, -0.25) is 0 Å². The molecule has 8 heteroatoms. The molecule has 0 spiro atoms. The molecule has 0 saturated heterocycles. The number of para-hydroxylation sites is 1. The molecular formula is C14H8ClF2IN2O2. The Kier molecular flexibility index (Phi) is 3.85. The number of fused-ring (bicyclic) bond motifs is 1. The van der Waals surface area contributed by atoms with Gasteiger partial charge in [0.25, 0.3) is 0 Å². The molecule has 0 aliphatic heterocycles. The average Bonchev–Trinajstić information content (AvgIpc) is 2.78. The molecule has 0 unspecified atom stereocenters. The molecule has 3 aromatic rings. The molecule has 22 heavy (non-hydrogen) atoms. The van der Waals surface area contributed by atoms with Crippen molar-refractivity contribution >= 4 is 45.2 Å². The van der Waals surface area contributed by atoms with Crippen LogP contribution in [-0.2, 0) is 0 Å². The lowest BCUT2D eigenvalue weighted by molar-refractivity contribution is -0.0687. The molecule has 4 nitrogen and oxygen atoms in total. The van der Waals surface area contributed by atoms with Crippen molar-refractivity contribution in [3.8, 4) is 16.9 Å². The van der Waals surface area contributed by atoms with Crippen LogP contribution >= 0.6 is 34.2 Å². The lowest BCUT2D eigenvalue weighted by Crippen LogP contribution is -2.15. The first-order valence-electron chi connectivity index (χ1n) is 6.10. The van der Waals surface area contributed by atoms with Gasteiger partial charge in [0.05, 0.1) is 38.6 Å². The van der Waals surface area contributed by atoms with Crippen LogP contribution in [-0.4, -0.2) is 14.1 Å². The second-order valence-electron chi connectivity index (χ2n) is 4.50. The van der Waals surface area contributed by atoms with E-state index in [2.05, 4.69) is 14.7 Å². The van der Waals surface area contributed by atoms with Gasteiger partial charge < -0.3 is 14.7 Å². The number of ether oxygens (including phenoxy) is 1. The molecule has 0 atom stereocenters. The maximum absolute atomic E-state index is 13.2. The van der Waals surface area contributed by atoms with Crippen LogP contribution in [0.15, 0.2) is 41.2 Å². The summed E-state index contributed by atoms with van der Waals surface area (Å²) < 4.78 is 27.7. The predicted octanol–water partition coefficient (Wildman–Crippen LogP) is 4.54. The maximum atomic E-state index is 13.2. The van der Waals surface area contributed by atoms with Gasteiger partial charge in [0.2, 0.25) is 0 Å². The summed E-state index contributed by atoms with van der Waals surface area (Å²) in [5, 5.41) is 0.0801. The van der Waals surface area contributed by atoms with E-state index in [9.17, 15) is 13.6 Å². The normalized spacial score (nSPS) is 11.8. The van der Waals surface area contributed by atoms with E-state index < -0.39 is 4.12 Å². The fourth-order valence-electron chi connectivity index (χ4n) is 2.16. The van der Waals surface area contributed by atoms with E-state index >= 15 is 0 Å². The Morgan fingerprint density at radius 3 is 2.59 bits per heavy atom. The Bertz CT molecular complexity index is 902. The van der Waals surface area contributed by atoms with Gasteiger partial charge in [0, 0.05) is 5.56 Å². The molecule has 0 radical (unpaired) electrons. The molecule has 0 aliphatic carbocycles. The van der Waals surface area contributed by atoms with E-state index in [1.165, 1.54) is 6.07 Å². The van der Waals surface area contributed by atoms with E-state index in [1.807, 2.05) is 0 Å². The summed E-state index contributed by atoms with van der Waals surface area (Å²) in [4.78, 5) is 16.5. The summed E-state index contributed by atoms with van der Waals surface area (Å²) in [7, 11) is 0. The number of hydrogen-bond donors (Lipinski definition) is 2. The first kappa shape index (κ1) is 15.3. The van der Waals surface area contributed by atoms with Crippen LogP contribution in [0, 0.1) is 0 Å².